The number of nitrogens with zero attached hydrogens (tertiary/aromatic N) is 2. The van der Waals surface area contributed by atoms with Gasteiger partial charge >= 0.3 is 0 Å². The van der Waals surface area contributed by atoms with E-state index in [0.717, 1.165) is 19.6 Å². The summed E-state index contributed by atoms with van der Waals surface area (Å²) in [6.07, 6.45) is 1.21. The van der Waals surface area contributed by atoms with Crippen LogP contribution in [0.1, 0.15) is 13.3 Å². The zero-order chi connectivity index (χ0) is 13.0. The zero-order valence-corrected chi connectivity index (χ0v) is 11.8. The summed E-state index contributed by atoms with van der Waals surface area (Å²) in [4.78, 5) is 4.77. The topological polar surface area (TPSA) is 18.5 Å². The standard InChI is InChI=1S/C15H25N3/c1-13-9-10-18(15-7-5-4-6-8-15)12-14(16-13)11-17(2)3/h4-8,13-14,16H,9-12H2,1-3H3. The van der Waals surface area contributed by atoms with E-state index in [1.807, 2.05) is 0 Å². The molecule has 0 amide bonds. The second kappa shape index (κ2) is 6.21. The predicted octanol–water partition coefficient (Wildman–Crippen LogP) is 1.80. The van der Waals surface area contributed by atoms with Crippen LogP contribution < -0.4 is 10.2 Å². The Morgan fingerprint density at radius 3 is 2.67 bits per heavy atom. The molecule has 0 aliphatic carbocycles. The molecule has 18 heavy (non-hydrogen) atoms. The lowest BCUT2D eigenvalue weighted by Gasteiger charge is -2.28. The van der Waals surface area contributed by atoms with Crippen molar-refractivity contribution in [3.8, 4) is 0 Å². The van der Waals surface area contributed by atoms with Gasteiger partial charge in [0.15, 0.2) is 0 Å². The van der Waals surface area contributed by atoms with Gasteiger partial charge in [-0.2, -0.15) is 0 Å². The molecular weight excluding hydrogens is 222 g/mol. The molecule has 0 radical (unpaired) electrons. The SMILES string of the molecule is CC1CCN(c2ccccc2)CC(CN(C)C)N1. The maximum absolute atomic E-state index is 3.73. The van der Waals surface area contributed by atoms with Crippen LogP contribution in [0.15, 0.2) is 30.3 Å². The molecule has 2 atom stereocenters. The minimum Gasteiger partial charge on any atom is -0.370 e. The van der Waals surface area contributed by atoms with E-state index in [9.17, 15) is 0 Å². The summed E-state index contributed by atoms with van der Waals surface area (Å²) in [5, 5.41) is 3.73. The Morgan fingerprint density at radius 2 is 2.00 bits per heavy atom. The Balaban J connectivity index is 2.07. The molecule has 0 saturated carbocycles. The third kappa shape index (κ3) is 3.72. The van der Waals surface area contributed by atoms with Crippen molar-refractivity contribution >= 4 is 5.69 Å². The third-order valence-corrected chi connectivity index (χ3v) is 3.50. The lowest BCUT2D eigenvalue weighted by molar-refractivity contribution is 0.330. The number of nitrogens with one attached hydrogen (secondary N) is 1. The molecule has 2 unspecified atom stereocenters. The van der Waals surface area contributed by atoms with Gasteiger partial charge in [-0.25, -0.2) is 0 Å². The quantitative estimate of drug-likeness (QED) is 0.879. The molecule has 100 valence electrons. The Hall–Kier alpha value is -1.06. The molecule has 1 aliphatic rings. The molecule has 0 spiro atoms. The largest absolute Gasteiger partial charge is 0.370 e. The van der Waals surface area contributed by atoms with Crippen molar-refractivity contribution < 1.29 is 0 Å². The summed E-state index contributed by atoms with van der Waals surface area (Å²) in [6, 6.07) is 11.9. The van der Waals surface area contributed by atoms with E-state index in [1.165, 1.54) is 12.1 Å². The van der Waals surface area contributed by atoms with Crippen molar-refractivity contribution in [1.82, 2.24) is 10.2 Å². The number of hydrogen-bond donors (Lipinski definition) is 1. The first-order chi connectivity index (χ1) is 8.65. The summed E-state index contributed by atoms with van der Waals surface area (Å²) in [7, 11) is 4.29. The molecule has 1 aliphatic heterocycles. The van der Waals surface area contributed by atoms with Gasteiger partial charge < -0.3 is 15.1 Å². The van der Waals surface area contributed by atoms with Crippen molar-refractivity contribution in [2.24, 2.45) is 0 Å². The number of likely N-dealkylation sites (N-methyl/N-ethyl adjacent to an activating group) is 1. The van der Waals surface area contributed by atoms with Crippen LogP contribution in [0.2, 0.25) is 0 Å². The molecule has 2 rings (SSSR count). The summed E-state index contributed by atoms with van der Waals surface area (Å²) in [6.45, 7) is 5.61. The van der Waals surface area contributed by atoms with Crippen LogP contribution in [0.4, 0.5) is 5.69 Å². The first kappa shape index (κ1) is 13.4. The van der Waals surface area contributed by atoms with Crippen molar-refractivity contribution in [2.75, 3.05) is 38.6 Å². The first-order valence-corrected chi connectivity index (χ1v) is 6.86. The number of anilines is 1. The van der Waals surface area contributed by atoms with Crippen LogP contribution in [0, 0.1) is 0 Å². The van der Waals surface area contributed by atoms with Crippen LogP contribution in [-0.4, -0.2) is 50.7 Å². The maximum atomic E-state index is 3.73. The molecule has 0 aromatic heterocycles. The van der Waals surface area contributed by atoms with Crippen LogP contribution in [0.25, 0.3) is 0 Å². The van der Waals surface area contributed by atoms with Crippen LogP contribution in [0.5, 0.6) is 0 Å². The minimum atomic E-state index is 0.540. The smallest absolute Gasteiger partial charge is 0.0373 e. The van der Waals surface area contributed by atoms with E-state index in [-0.39, 0.29) is 0 Å². The Morgan fingerprint density at radius 1 is 1.28 bits per heavy atom. The highest BCUT2D eigenvalue weighted by Gasteiger charge is 2.21. The Kier molecular flexibility index (Phi) is 4.61. The Bertz CT molecular complexity index is 350. The fourth-order valence-electron chi connectivity index (χ4n) is 2.67. The number of para-hydroxylation sites is 1. The summed E-state index contributed by atoms with van der Waals surface area (Å²) < 4.78 is 0. The van der Waals surface area contributed by atoms with Gasteiger partial charge in [0.05, 0.1) is 0 Å². The fraction of sp³-hybridized carbons (Fsp3) is 0.600. The second-order valence-electron chi connectivity index (χ2n) is 5.60. The highest BCUT2D eigenvalue weighted by Crippen LogP contribution is 2.17. The average molecular weight is 247 g/mol. The van der Waals surface area contributed by atoms with Gasteiger partial charge in [0, 0.05) is 37.4 Å². The molecule has 0 bridgehead atoms. The second-order valence-corrected chi connectivity index (χ2v) is 5.60. The van der Waals surface area contributed by atoms with Crippen molar-refractivity contribution in [2.45, 2.75) is 25.4 Å². The minimum absolute atomic E-state index is 0.540. The van der Waals surface area contributed by atoms with Crippen molar-refractivity contribution in [3.63, 3.8) is 0 Å². The van der Waals surface area contributed by atoms with Gasteiger partial charge in [0.25, 0.3) is 0 Å². The van der Waals surface area contributed by atoms with Crippen molar-refractivity contribution in [1.29, 1.82) is 0 Å². The third-order valence-electron chi connectivity index (χ3n) is 3.50. The molecule has 3 heteroatoms. The lowest BCUT2D eigenvalue weighted by Crippen LogP contribution is -2.46. The fourth-order valence-corrected chi connectivity index (χ4v) is 2.67. The zero-order valence-electron chi connectivity index (χ0n) is 11.8. The van der Waals surface area contributed by atoms with E-state index in [1.54, 1.807) is 0 Å². The first-order valence-electron chi connectivity index (χ1n) is 6.86. The Labute approximate surface area is 111 Å². The monoisotopic (exact) mass is 247 g/mol. The van der Waals surface area contributed by atoms with Crippen LogP contribution in [0.3, 0.4) is 0 Å². The number of rotatable bonds is 3. The van der Waals surface area contributed by atoms with E-state index in [4.69, 9.17) is 0 Å². The number of hydrogen-bond acceptors (Lipinski definition) is 3. The van der Waals surface area contributed by atoms with Gasteiger partial charge in [-0.1, -0.05) is 18.2 Å². The molecule has 1 fully saturated rings. The normalized spacial score (nSPS) is 25.2. The van der Waals surface area contributed by atoms with Crippen molar-refractivity contribution in [3.05, 3.63) is 30.3 Å². The molecule has 1 aromatic carbocycles. The van der Waals surface area contributed by atoms with Gasteiger partial charge in [-0.05, 0) is 39.6 Å². The van der Waals surface area contributed by atoms with E-state index >= 15 is 0 Å². The molecule has 1 N–H and O–H groups in total. The van der Waals surface area contributed by atoms with Gasteiger partial charge in [0.1, 0.15) is 0 Å². The highest BCUT2D eigenvalue weighted by atomic mass is 15.2. The predicted molar refractivity (Wildman–Crippen MR) is 78.2 cm³/mol. The molecule has 1 aromatic rings. The van der Waals surface area contributed by atoms with E-state index < -0.39 is 0 Å². The van der Waals surface area contributed by atoms with Gasteiger partial charge in [-0.3, -0.25) is 0 Å². The van der Waals surface area contributed by atoms with E-state index in [2.05, 4.69) is 66.5 Å². The molecule has 1 heterocycles. The van der Waals surface area contributed by atoms with E-state index in [0.29, 0.717) is 12.1 Å². The molecular formula is C15H25N3. The number of benzene rings is 1. The van der Waals surface area contributed by atoms with Crippen LogP contribution >= 0.6 is 0 Å². The average Bonchev–Trinajstić information content (AvgIpc) is 2.51. The van der Waals surface area contributed by atoms with Crippen LogP contribution in [-0.2, 0) is 0 Å². The highest BCUT2D eigenvalue weighted by molar-refractivity contribution is 5.46. The molecule has 3 nitrogen and oxygen atoms in total. The van der Waals surface area contributed by atoms with Gasteiger partial charge in [-0.15, -0.1) is 0 Å². The van der Waals surface area contributed by atoms with Gasteiger partial charge in [0.2, 0.25) is 0 Å². The summed E-state index contributed by atoms with van der Waals surface area (Å²) >= 11 is 0. The summed E-state index contributed by atoms with van der Waals surface area (Å²) in [5.41, 5.74) is 1.34. The maximum Gasteiger partial charge on any atom is 0.0373 e. The molecule has 1 saturated heterocycles. The summed E-state index contributed by atoms with van der Waals surface area (Å²) in [5.74, 6) is 0. The lowest BCUT2D eigenvalue weighted by atomic mass is 10.2.